The predicted octanol–water partition coefficient (Wildman–Crippen LogP) is 5.48. The Morgan fingerprint density at radius 2 is 1.86 bits per heavy atom. The Morgan fingerprint density at radius 3 is 2.62 bits per heavy atom. The Morgan fingerprint density at radius 1 is 1.08 bits per heavy atom. The fourth-order valence-electron chi connectivity index (χ4n) is 4.44. The molecule has 0 saturated heterocycles. The van der Waals surface area contributed by atoms with Crippen LogP contribution in [-0.2, 0) is 32.2 Å². The third kappa shape index (κ3) is 7.64. The molecule has 8 nitrogen and oxygen atoms in total. The highest BCUT2D eigenvalue weighted by molar-refractivity contribution is 5.72. The van der Waals surface area contributed by atoms with Crippen LogP contribution in [0.2, 0.25) is 0 Å². The topological polar surface area (TPSA) is 100 Å². The lowest BCUT2D eigenvalue weighted by atomic mass is 9.95. The Kier molecular flexibility index (Phi) is 9.33. The number of methoxy groups -OCH3 is 1. The fourth-order valence-corrected chi connectivity index (χ4v) is 4.44. The number of carbonyl (C=O) groups is 1. The van der Waals surface area contributed by atoms with Crippen LogP contribution < -0.4 is 4.74 Å². The maximum absolute atomic E-state index is 11.7. The average molecular weight is 510 g/mol. The number of hydrogen-bond donors (Lipinski definition) is 1. The molecule has 1 unspecified atom stereocenters. The molecule has 8 heteroatoms. The number of aliphatic carboxylic acids is 1. The monoisotopic (exact) mass is 509 g/mol. The van der Waals surface area contributed by atoms with Crippen molar-refractivity contribution in [2.24, 2.45) is 0 Å². The molecule has 0 radical (unpaired) electrons. The predicted molar refractivity (Wildman–Crippen MR) is 137 cm³/mol. The molecule has 1 aromatic heterocycles. The number of nitrogens with zero attached hydrogens (tertiary/aromatic N) is 1. The molecule has 1 heterocycles. The summed E-state index contributed by atoms with van der Waals surface area (Å²) in [5.41, 5.74) is 3.72. The second-order valence-corrected chi connectivity index (χ2v) is 9.44. The molecule has 0 spiro atoms. The molecule has 1 aliphatic rings. The first kappa shape index (κ1) is 26.9. The van der Waals surface area contributed by atoms with Gasteiger partial charge in [0.15, 0.2) is 6.10 Å². The van der Waals surface area contributed by atoms with Crippen LogP contribution in [0.25, 0.3) is 11.5 Å². The number of rotatable bonds is 12. The molecule has 3 atom stereocenters. The average Bonchev–Trinajstić information content (AvgIpc) is 3.28. The van der Waals surface area contributed by atoms with Gasteiger partial charge in [-0.2, -0.15) is 0 Å². The first-order valence-corrected chi connectivity index (χ1v) is 12.6. The zero-order valence-corrected chi connectivity index (χ0v) is 21.6. The van der Waals surface area contributed by atoms with Crippen molar-refractivity contribution < 1.29 is 33.3 Å². The van der Waals surface area contributed by atoms with Gasteiger partial charge in [-0.1, -0.05) is 29.8 Å². The normalized spacial score (nSPS) is 18.5. The van der Waals surface area contributed by atoms with E-state index in [-0.39, 0.29) is 25.4 Å². The van der Waals surface area contributed by atoms with Crippen LogP contribution in [0.5, 0.6) is 5.75 Å². The summed E-state index contributed by atoms with van der Waals surface area (Å²) >= 11 is 0. The summed E-state index contributed by atoms with van der Waals surface area (Å²) in [6.07, 6.45) is 2.32. The minimum absolute atomic E-state index is 0.0123. The lowest BCUT2D eigenvalue weighted by molar-refractivity contribution is -0.159. The van der Waals surface area contributed by atoms with Gasteiger partial charge in [-0.15, -0.1) is 0 Å². The van der Waals surface area contributed by atoms with E-state index in [4.69, 9.17) is 23.4 Å². The number of carboxylic acid groups (broad SMARTS) is 1. The van der Waals surface area contributed by atoms with Crippen molar-refractivity contribution in [2.75, 3.05) is 13.7 Å². The first-order chi connectivity index (χ1) is 17.9. The third-order valence-corrected chi connectivity index (χ3v) is 6.54. The van der Waals surface area contributed by atoms with E-state index in [0.717, 1.165) is 47.4 Å². The highest BCUT2D eigenvalue weighted by atomic mass is 16.6. The van der Waals surface area contributed by atoms with Gasteiger partial charge in [0.2, 0.25) is 5.89 Å². The largest absolute Gasteiger partial charge is 0.497 e. The maximum atomic E-state index is 11.7. The van der Waals surface area contributed by atoms with Gasteiger partial charge in [0.25, 0.3) is 0 Å². The van der Waals surface area contributed by atoms with Crippen LogP contribution in [0.15, 0.2) is 52.9 Å². The van der Waals surface area contributed by atoms with E-state index in [9.17, 15) is 9.90 Å². The van der Waals surface area contributed by atoms with Crippen LogP contribution in [-0.4, -0.2) is 48.1 Å². The summed E-state index contributed by atoms with van der Waals surface area (Å²) in [6.45, 7) is 4.44. The van der Waals surface area contributed by atoms with Crippen molar-refractivity contribution in [3.05, 3.63) is 71.1 Å². The first-order valence-electron chi connectivity index (χ1n) is 12.6. The number of aryl methyl sites for hydroxylation is 2. The summed E-state index contributed by atoms with van der Waals surface area (Å²) in [5, 5.41) is 9.60. The third-order valence-electron chi connectivity index (χ3n) is 6.54. The van der Waals surface area contributed by atoms with Gasteiger partial charge in [-0.25, -0.2) is 9.78 Å². The lowest BCUT2D eigenvalue weighted by Gasteiger charge is -2.29. The molecule has 2 aromatic carbocycles. The molecule has 37 heavy (non-hydrogen) atoms. The van der Waals surface area contributed by atoms with E-state index in [1.807, 2.05) is 62.4 Å². The van der Waals surface area contributed by atoms with E-state index >= 15 is 0 Å². The molecule has 1 N–H and O–H groups in total. The summed E-state index contributed by atoms with van der Waals surface area (Å²) < 4.78 is 28.9. The maximum Gasteiger partial charge on any atom is 0.335 e. The standard InChI is InChI=1S/C29H35NO7/c1-19-7-4-9-22(13-19)28-30-26(20(2)37-28)17-34-24-11-6-12-25(15-24)35-18-27(29(31)32)36-16-21-8-5-10-23(14-21)33-3/h4-5,7-10,13-14,24-25,27H,6,11-12,15-18H2,1-3H3,(H,31,32)/t24-,25+,27?/m0/s1. The van der Waals surface area contributed by atoms with Gasteiger partial charge in [0.05, 0.1) is 39.1 Å². The van der Waals surface area contributed by atoms with E-state index in [0.29, 0.717) is 24.7 Å². The van der Waals surface area contributed by atoms with Crippen LogP contribution >= 0.6 is 0 Å². The highest BCUT2D eigenvalue weighted by Gasteiger charge is 2.27. The molecular formula is C29H35NO7. The Labute approximate surface area is 217 Å². The van der Waals surface area contributed by atoms with Gasteiger partial charge in [0.1, 0.15) is 17.2 Å². The summed E-state index contributed by atoms with van der Waals surface area (Å²) in [6, 6.07) is 15.4. The van der Waals surface area contributed by atoms with Crippen molar-refractivity contribution in [1.82, 2.24) is 4.98 Å². The van der Waals surface area contributed by atoms with E-state index in [2.05, 4.69) is 4.98 Å². The Hall–Kier alpha value is -3.20. The van der Waals surface area contributed by atoms with Crippen molar-refractivity contribution in [3.8, 4) is 17.2 Å². The molecule has 1 saturated carbocycles. The minimum atomic E-state index is -1.05. The smallest absolute Gasteiger partial charge is 0.335 e. The summed E-state index contributed by atoms with van der Waals surface area (Å²) in [7, 11) is 1.59. The van der Waals surface area contributed by atoms with Crippen LogP contribution in [0, 0.1) is 13.8 Å². The van der Waals surface area contributed by atoms with Gasteiger partial charge < -0.3 is 28.5 Å². The lowest BCUT2D eigenvalue weighted by Crippen LogP contribution is -2.34. The second kappa shape index (κ2) is 12.9. The SMILES string of the molecule is COc1cccc(COC(CO[C@@H]2CCC[C@H](OCc3nc(-c4cccc(C)c4)oc3C)C2)C(=O)O)c1. The van der Waals surface area contributed by atoms with E-state index in [1.165, 1.54) is 0 Å². The van der Waals surface area contributed by atoms with Gasteiger partial charge in [-0.3, -0.25) is 0 Å². The fraction of sp³-hybridized carbons (Fsp3) is 0.448. The zero-order chi connectivity index (χ0) is 26.2. The van der Waals surface area contributed by atoms with Gasteiger partial charge in [0, 0.05) is 5.56 Å². The van der Waals surface area contributed by atoms with Crippen molar-refractivity contribution in [2.45, 2.75) is 71.1 Å². The highest BCUT2D eigenvalue weighted by Crippen LogP contribution is 2.27. The number of carboxylic acids is 1. The van der Waals surface area contributed by atoms with Gasteiger partial charge in [-0.05, 0) is 69.4 Å². The number of ether oxygens (including phenoxy) is 4. The Balaban J connectivity index is 1.25. The van der Waals surface area contributed by atoms with Crippen molar-refractivity contribution in [3.63, 3.8) is 0 Å². The molecule has 0 bridgehead atoms. The summed E-state index contributed by atoms with van der Waals surface area (Å²) in [4.78, 5) is 16.4. The van der Waals surface area contributed by atoms with Gasteiger partial charge >= 0.3 is 5.97 Å². The quantitative estimate of drug-likeness (QED) is 0.343. The number of aromatic nitrogens is 1. The molecule has 0 aliphatic heterocycles. The second-order valence-electron chi connectivity index (χ2n) is 9.44. The molecule has 4 rings (SSSR count). The van der Waals surface area contributed by atoms with Crippen LogP contribution in [0.4, 0.5) is 0 Å². The minimum Gasteiger partial charge on any atom is -0.497 e. The Bertz CT molecular complexity index is 1170. The van der Waals surface area contributed by atoms with E-state index < -0.39 is 12.1 Å². The van der Waals surface area contributed by atoms with Crippen LogP contribution in [0.1, 0.15) is 48.3 Å². The zero-order valence-electron chi connectivity index (χ0n) is 21.6. The number of benzene rings is 2. The molecule has 1 fully saturated rings. The van der Waals surface area contributed by atoms with Crippen LogP contribution in [0.3, 0.4) is 0 Å². The molecule has 0 amide bonds. The molecule has 1 aliphatic carbocycles. The molecule has 3 aromatic rings. The number of hydrogen-bond acceptors (Lipinski definition) is 7. The van der Waals surface area contributed by atoms with Crippen molar-refractivity contribution in [1.29, 1.82) is 0 Å². The summed E-state index contributed by atoms with van der Waals surface area (Å²) in [5.74, 6) is 0.998. The van der Waals surface area contributed by atoms with E-state index in [1.54, 1.807) is 7.11 Å². The molecular weight excluding hydrogens is 474 g/mol. The van der Waals surface area contributed by atoms with Crippen molar-refractivity contribution >= 4 is 5.97 Å². The molecule has 198 valence electrons. The number of oxazole rings is 1.